The number of carbonyl (C=O) groups excluding carboxylic acids is 2. The fraction of sp³-hybridized carbons (Fsp3) is 0.136. The monoisotopic (exact) mass is 407 g/mol. The summed E-state index contributed by atoms with van der Waals surface area (Å²) in [4.78, 5) is 40.4. The Bertz CT molecular complexity index is 1110. The Morgan fingerprint density at radius 2 is 1.59 bits per heavy atom. The molecule has 0 unspecified atom stereocenters. The van der Waals surface area contributed by atoms with E-state index < -0.39 is 18.2 Å². The highest BCUT2D eigenvalue weighted by Crippen LogP contribution is 2.47. The van der Waals surface area contributed by atoms with Gasteiger partial charge >= 0.3 is 11.6 Å². The summed E-state index contributed by atoms with van der Waals surface area (Å²) in [6, 6.07) is 16.4. The molecule has 0 spiro atoms. The predicted molar refractivity (Wildman–Crippen MR) is 109 cm³/mol. The lowest BCUT2D eigenvalue weighted by Gasteiger charge is -2.30. The zero-order valence-corrected chi connectivity index (χ0v) is 16.6. The molecule has 1 aliphatic heterocycles. The van der Waals surface area contributed by atoms with E-state index in [0.717, 1.165) is 21.2 Å². The standard InChI is InChI=1S/C22H17NO5S/c1-13-11-20(25)28-14(2)21(13)22(26)27-12-19(24)23-15-7-3-5-9-17(15)29-18-10-6-4-8-16(18)23/h3-11H,12H2,1-2H3. The second-order valence-electron chi connectivity index (χ2n) is 6.52. The SMILES string of the molecule is Cc1cc(=O)oc(C)c1C(=O)OCC(=O)N1c2ccccc2Sc2ccccc21. The van der Waals surface area contributed by atoms with Crippen LogP contribution in [0.15, 0.2) is 73.6 Å². The number of nitrogens with zero attached hydrogens (tertiary/aromatic N) is 1. The van der Waals surface area contributed by atoms with Crippen molar-refractivity contribution in [2.75, 3.05) is 11.5 Å². The van der Waals surface area contributed by atoms with Gasteiger partial charge < -0.3 is 9.15 Å². The van der Waals surface area contributed by atoms with Crippen molar-refractivity contribution in [3.8, 4) is 0 Å². The van der Waals surface area contributed by atoms with Crippen molar-refractivity contribution in [2.45, 2.75) is 23.6 Å². The molecule has 1 aromatic heterocycles. The second-order valence-corrected chi connectivity index (χ2v) is 7.61. The Labute approximate surface area is 171 Å². The Kier molecular flexibility index (Phi) is 4.98. The van der Waals surface area contributed by atoms with Gasteiger partial charge in [0.25, 0.3) is 5.91 Å². The van der Waals surface area contributed by atoms with Gasteiger partial charge in [-0.3, -0.25) is 9.69 Å². The van der Waals surface area contributed by atoms with Crippen LogP contribution in [0.2, 0.25) is 0 Å². The average Bonchev–Trinajstić information content (AvgIpc) is 2.69. The Balaban J connectivity index is 1.60. The maximum Gasteiger partial charge on any atom is 0.342 e. The van der Waals surface area contributed by atoms with Crippen LogP contribution < -0.4 is 10.5 Å². The lowest BCUT2D eigenvalue weighted by Crippen LogP contribution is -2.32. The minimum atomic E-state index is -0.704. The Morgan fingerprint density at radius 1 is 1.00 bits per heavy atom. The number of benzene rings is 2. The maximum absolute atomic E-state index is 13.0. The van der Waals surface area contributed by atoms with Gasteiger partial charge in [0.15, 0.2) is 6.61 Å². The van der Waals surface area contributed by atoms with E-state index in [1.807, 2.05) is 48.5 Å². The van der Waals surface area contributed by atoms with Gasteiger partial charge in [-0.05, 0) is 43.7 Å². The fourth-order valence-electron chi connectivity index (χ4n) is 3.30. The van der Waals surface area contributed by atoms with Crippen LogP contribution in [0.4, 0.5) is 11.4 Å². The number of para-hydroxylation sites is 2. The number of hydrogen-bond acceptors (Lipinski definition) is 6. The van der Waals surface area contributed by atoms with Crippen LogP contribution in [0.25, 0.3) is 0 Å². The molecule has 7 heteroatoms. The second kappa shape index (κ2) is 7.60. The van der Waals surface area contributed by atoms with Gasteiger partial charge in [0.05, 0.1) is 11.4 Å². The summed E-state index contributed by atoms with van der Waals surface area (Å²) in [6.07, 6.45) is 0. The molecule has 0 saturated heterocycles. The van der Waals surface area contributed by atoms with Crippen LogP contribution in [-0.2, 0) is 9.53 Å². The molecule has 29 heavy (non-hydrogen) atoms. The number of aryl methyl sites for hydroxylation is 2. The zero-order valence-electron chi connectivity index (χ0n) is 15.8. The van der Waals surface area contributed by atoms with Crippen LogP contribution in [0.1, 0.15) is 21.7 Å². The fourth-order valence-corrected chi connectivity index (χ4v) is 4.36. The summed E-state index contributed by atoms with van der Waals surface area (Å²) in [6.45, 7) is 2.70. The van der Waals surface area contributed by atoms with E-state index in [2.05, 4.69) is 0 Å². The van der Waals surface area contributed by atoms with Crippen LogP contribution in [0, 0.1) is 13.8 Å². The molecule has 146 valence electrons. The van der Waals surface area contributed by atoms with Gasteiger partial charge in [-0.2, -0.15) is 0 Å². The van der Waals surface area contributed by atoms with Crippen LogP contribution in [-0.4, -0.2) is 18.5 Å². The lowest BCUT2D eigenvalue weighted by molar-refractivity contribution is -0.121. The first kappa shape index (κ1) is 19.0. The topological polar surface area (TPSA) is 76.8 Å². The van der Waals surface area contributed by atoms with Crippen molar-refractivity contribution in [1.82, 2.24) is 0 Å². The number of esters is 1. The van der Waals surface area contributed by atoms with E-state index in [-0.39, 0.29) is 17.2 Å². The first-order valence-electron chi connectivity index (χ1n) is 8.93. The third-order valence-electron chi connectivity index (χ3n) is 4.55. The first-order chi connectivity index (χ1) is 14.0. The molecule has 4 rings (SSSR count). The Hall–Kier alpha value is -3.32. The maximum atomic E-state index is 13.0. The van der Waals surface area contributed by atoms with Gasteiger partial charge in [-0.15, -0.1) is 0 Å². The third kappa shape index (κ3) is 3.56. The minimum Gasteiger partial charge on any atom is -0.452 e. The summed E-state index contributed by atoms with van der Waals surface area (Å²) in [5, 5.41) is 0. The number of rotatable bonds is 3. The van der Waals surface area contributed by atoms with E-state index in [1.54, 1.807) is 23.6 Å². The third-order valence-corrected chi connectivity index (χ3v) is 5.68. The van der Waals surface area contributed by atoms with Crippen molar-refractivity contribution in [3.05, 3.63) is 81.9 Å². The van der Waals surface area contributed by atoms with E-state index in [4.69, 9.17) is 9.15 Å². The molecule has 0 saturated carbocycles. The van der Waals surface area contributed by atoms with Crippen molar-refractivity contribution < 1.29 is 18.7 Å². The van der Waals surface area contributed by atoms with Crippen molar-refractivity contribution >= 4 is 35.0 Å². The largest absolute Gasteiger partial charge is 0.452 e. The molecule has 1 amide bonds. The molecule has 0 aliphatic carbocycles. The summed E-state index contributed by atoms with van der Waals surface area (Å²) >= 11 is 1.59. The van der Waals surface area contributed by atoms with E-state index >= 15 is 0 Å². The molecule has 0 atom stereocenters. The molecule has 0 bridgehead atoms. The highest BCUT2D eigenvalue weighted by Gasteiger charge is 2.29. The molecule has 2 heterocycles. The van der Waals surface area contributed by atoms with Crippen LogP contribution in [0.5, 0.6) is 0 Å². The van der Waals surface area contributed by atoms with E-state index in [1.165, 1.54) is 13.0 Å². The average molecular weight is 407 g/mol. The number of amides is 1. The first-order valence-corrected chi connectivity index (χ1v) is 9.74. The van der Waals surface area contributed by atoms with Crippen molar-refractivity contribution in [2.24, 2.45) is 0 Å². The molecule has 6 nitrogen and oxygen atoms in total. The van der Waals surface area contributed by atoms with Crippen molar-refractivity contribution in [3.63, 3.8) is 0 Å². The number of ether oxygens (including phenoxy) is 1. The van der Waals surface area contributed by atoms with Gasteiger partial charge in [0.2, 0.25) is 0 Å². The van der Waals surface area contributed by atoms with Gasteiger partial charge in [0.1, 0.15) is 11.3 Å². The molecule has 0 N–H and O–H groups in total. The van der Waals surface area contributed by atoms with Crippen LogP contribution in [0.3, 0.4) is 0 Å². The molecular formula is C22H17NO5S. The van der Waals surface area contributed by atoms with Gasteiger partial charge in [-0.25, -0.2) is 9.59 Å². The highest BCUT2D eigenvalue weighted by molar-refractivity contribution is 7.99. The highest BCUT2D eigenvalue weighted by atomic mass is 32.2. The lowest BCUT2D eigenvalue weighted by atomic mass is 10.1. The number of anilines is 2. The van der Waals surface area contributed by atoms with Crippen LogP contribution >= 0.6 is 11.8 Å². The number of hydrogen-bond donors (Lipinski definition) is 0. The predicted octanol–water partition coefficient (Wildman–Crippen LogP) is 4.24. The minimum absolute atomic E-state index is 0.160. The smallest absolute Gasteiger partial charge is 0.342 e. The zero-order chi connectivity index (χ0) is 20.5. The summed E-state index contributed by atoms with van der Waals surface area (Å²) < 4.78 is 10.2. The van der Waals surface area contributed by atoms with Gasteiger partial charge in [0, 0.05) is 15.9 Å². The molecule has 3 aromatic rings. The molecule has 1 aliphatic rings. The number of fused-ring (bicyclic) bond motifs is 2. The molecule has 2 aromatic carbocycles. The summed E-state index contributed by atoms with van der Waals surface area (Å²) in [5.74, 6) is -0.909. The summed E-state index contributed by atoms with van der Waals surface area (Å²) in [5.41, 5.74) is 1.56. The van der Waals surface area contributed by atoms with Gasteiger partial charge in [-0.1, -0.05) is 36.0 Å². The normalized spacial score (nSPS) is 12.1. The molecule has 0 fully saturated rings. The van der Waals surface area contributed by atoms with E-state index in [9.17, 15) is 14.4 Å². The Morgan fingerprint density at radius 3 is 2.17 bits per heavy atom. The van der Waals surface area contributed by atoms with Crippen molar-refractivity contribution in [1.29, 1.82) is 0 Å². The molecular weight excluding hydrogens is 390 g/mol. The molecule has 0 radical (unpaired) electrons. The van der Waals surface area contributed by atoms with E-state index in [0.29, 0.717) is 5.56 Å². The summed E-state index contributed by atoms with van der Waals surface area (Å²) in [7, 11) is 0. The number of carbonyl (C=O) groups is 2. The quantitative estimate of drug-likeness (QED) is 0.605.